The average molecular weight is 474 g/mol. The number of hydrogen-bond acceptors (Lipinski definition) is 6. The summed E-state index contributed by atoms with van der Waals surface area (Å²) in [6.07, 6.45) is 0.765. The predicted octanol–water partition coefficient (Wildman–Crippen LogP) is 2.37. The molecule has 0 bridgehead atoms. The molecule has 0 aliphatic carbocycles. The smallest absolute Gasteiger partial charge is 0.255 e. The van der Waals surface area contributed by atoms with Gasteiger partial charge in [-0.05, 0) is 48.6 Å². The lowest BCUT2D eigenvalue weighted by Gasteiger charge is -2.34. The number of morpholine rings is 1. The van der Waals surface area contributed by atoms with Crippen molar-refractivity contribution < 1.29 is 17.9 Å². The second kappa shape index (κ2) is 8.11. The zero-order valence-electron chi connectivity index (χ0n) is 17.5. The largest absolute Gasteiger partial charge is 0.379 e. The Balaban J connectivity index is 1.58. The van der Waals surface area contributed by atoms with Crippen molar-refractivity contribution in [3.05, 3.63) is 62.1 Å². The van der Waals surface area contributed by atoms with Crippen LogP contribution < -0.4 is 5.56 Å². The number of nitrogens with zero attached hydrogens (tertiary/aromatic N) is 2. The number of pyridine rings is 1. The van der Waals surface area contributed by atoms with Crippen LogP contribution in [0.25, 0.3) is 10.9 Å². The highest BCUT2D eigenvalue weighted by molar-refractivity contribution is 7.89. The van der Waals surface area contributed by atoms with Gasteiger partial charge in [0, 0.05) is 41.5 Å². The molecule has 1 atom stereocenters. The molecule has 168 valence electrons. The summed E-state index contributed by atoms with van der Waals surface area (Å²) in [5.74, 6) is -0.272. The Labute approximate surface area is 189 Å². The summed E-state index contributed by atoms with van der Waals surface area (Å²) in [7, 11) is -3.74. The number of carbonyl (C=O) groups excluding carboxylic acids is 1. The number of aromatic amines is 1. The van der Waals surface area contributed by atoms with Gasteiger partial charge in [0.15, 0.2) is 0 Å². The van der Waals surface area contributed by atoms with Gasteiger partial charge in [0.25, 0.3) is 5.91 Å². The Morgan fingerprint density at radius 2 is 1.94 bits per heavy atom. The molecular formula is C22H23N3O5S2. The lowest BCUT2D eigenvalue weighted by Crippen LogP contribution is -2.40. The van der Waals surface area contributed by atoms with Gasteiger partial charge in [-0.25, -0.2) is 8.42 Å². The van der Waals surface area contributed by atoms with Crippen molar-refractivity contribution in [2.75, 3.05) is 32.8 Å². The number of sulfonamides is 1. The van der Waals surface area contributed by atoms with Gasteiger partial charge in [0.1, 0.15) is 0 Å². The normalized spacial score (nSPS) is 19.8. The van der Waals surface area contributed by atoms with Gasteiger partial charge in [0.2, 0.25) is 15.6 Å². The first-order chi connectivity index (χ1) is 15.4. The molecule has 4 heterocycles. The van der Waals surface area contributed by atoms with Crippen LogP contribution in [-0.4, -0.2) is 61.4 Å². The topological polar surface area (TPSA) is 99.8 Å². The first-order valence-corrected chi connectivity index (χ1v) is 12.8. The quantitative estimate of drug-likeness (QED) is 0.630. The Morgan fingerprint density at radius 1 is 1.16 bits per heavy atom. The van der Waals surface area contributed by atoms with Crippen molar-refractivity contribution in [3.63, 3.8) is 0 Å². The van der Waals surface area contributed by atoms with Crippen molar-refractivity contribution >= 4 is 38.2 Å². The van der Waals surface area contributed by atoms with E-state index in [-0.39, 0.29) is 35.5 Å². The van der Waals surface area contributed by atoms with E-state index >= 15 is 0 Å². The lowest BCUT2D eigenvalue weighted by molar-refractivity contribution is 0.0681. The first-order valence-electron chi connectivity index (χ1n) is 10.5. The van der Waals surface area contributed by atoms with Gasteiger partial charge >= 0.3 is 0 Å². The number of amides is 1. The van der Waals surface area contributed by atoms with Crippen LogP contribution in [0.15, 0.2) is 45.4 Å². The molecule has 5 rings (SSSR count). The standard InChI is InChI=1S/C22H23N3O5S2/c1-14-16-5-11-31-20(16)4-6-25(14)22(27)18-13-21(26)23-19-3-2-15(12-17(18)19)32(28,29)24-7-9-30-10-8-24/h2-3,5,11-14H,4,6-10H2,1H3,(H,23,26). The molecule has 1 saturated heterocycles. The molecule has 2 aliphatic heterocycles. The van der Waals surface area contributed by atoms with E-state index in [0.717, 1.165) is 12.0 Å². The summed E-state index contributed by atoms with van der Waals surface area (Å²) < 4.78 is 32.9. The SMILES string of the molecule is CC1c2ccsc2CCN1C(=O)c1cc(=O)[nH]c2ccc(S(=O)(=O)N3CCOCC3)cc12. The van der Waals surface area contributed by atoms with Crippen LogP contribution in [0.4, 0.5) is 0 Å². The zero-order valence-corrected chi connectivity index (χ0v) is 19.2. The first kappa shape index (κ1) is 21.3. The molecule has 32 heavy (non-hydrogen) atoms. The molecule has 1 fully saturated rings. The number of rotatable bonds is 3. The van der Waals surface area contributed by atoms with E-state index in [1.165, 1.54) is 27.4 Å². The molecule has 3 aromatic rings. The molecule has 1 N–H and O–H groups in total. The van der Waals surface area contributed by atoms with Crippen molar-refractivity contribution in [3.8, 4) is 0 Å². The van der Waals surface area contributed by atoms with Crippen LogP contribution in [-0.2, 0) is 21.2 Å². The molecule has 10 heteroatoms. The summed E-state index contributed by atoms with van der Waals surface area (Å²) in [6.45, 7) is 3.79. The van der Waals surface area contributed by atoms with Gasteiger partial charge < -0.3 is 14.6 Å². The van der Waals surface area contributed by atoms with E-state index in [1.54, 1.807) is 22.3 Å². The molecule has 8 nitrogen and oxygen atoms in total. The van der Waals surface area contributed by atoms with Crippen LogP contribution in [0.1, 0.15) is 33.8 Å². The predicted molar refractivity (Wildman–Crippen MR) is 122 cm³/mol. The van der Waals surface area contributed by atoms with E-state index in [2.05, 4.69) is 4.98 Å². The Hall–Kier alpha value is -2.53. The van der Waals surface area contributed by atoms with Gasteiger partial charge in [-0.1, -0.05) is 0 Å². The Bertz CT molecular complexity index is 1360. The Kier molecular flexibility index (Phi) is 5.40. The lowest BCUT2D eigenvalue weighted by atomic mass is 9.99. The number of carbonyl (C=O) groups is 1. The Morgan fingerprint density at radius 3 is 2.72 bits per heavy atom. The number of fused-ring (bicyclic) bond motifs is 2. The number of H-pyrrole nitrogens is 1. The summed E-state index contributed by atoms with van der Waals surface area (Å²) >= 11 is 1.69. The minimum Gasteiger partial charge on any atom is -0.379 e. The van der Waals surface area contributed by atoms with Crippen LogP contribution in [0.2, 0.25) is 0 Å². The molecule has 2 aromatic heterocycles. The van der Waals surface area contributed by atoms with Crippen molar-refractivity contribution in [2.24, 2.45) is 0 Å². The van der Waals surface area contributed by atoms with Gasteiger partial charge in [-0.2, -0.15) is 4.31 Å². The molecule has 1 unspecified atom stereocenters. The maximum absolute atomic E-state index is 13.6. The highest BCUT2D eigenvalue weighted by Crippen LogP contribution is 2.34. The fourth-order valence-electron chi connectivity index (χ4n) is 4.45. The molecule has 0 radical (unpaired) electrons. The van der Waals surface area contributed by atoms with Crippen molar-refractivity contribution in [2.45, 2.75) is 24.3 Å². The van der Waals surface area contributed by atoms with E-state index in [1.807, 2.05) is 18.4 Å². The third kappa shape index (κ3) is 3.57. The molecule has 0 saturated carbocycles. The average Bonchev–Trinajstić information content (AvgIpc) is 3.28. The molecular weight excluding hydrogens is 450 g/mol. The van der Waals surface area contributed by atoms with E-state index in [0.29, 0.717) is 30.7 Å². The zero-order chi connectivity index (χ0) is 22.5. The van der Waals surface area contributed by atoms with Crippen LogP contribution >= 0.6 is 11.3 Å². The van der Waals surface area contributed by atoms with E-state index in [4.69, 9.17) is 4.74 Å². The van der Waals surface area contributed by atoms with Gasteiger partial charge in [0.05, 0.1) is 29.7 Å². The summed E-state index contributed by atoms with van der Waals surface area (Å²) in [6, 6.07) is 7.70. The fourth-order valence-corrected chi connectivity index (χ4v) is 6.85. The maximum Gasteiger partial charge on any atom is 0.255 e. The molecule has 2 aliphatic rings. The van der Waals surface area contributed by atoms with Crippen LogP contribution in [0, 0.1) is 0 Å². The number of hydrogen-bond donors (Lipinski definition) is 1. The molecule has 1 amide bonds. The summed E-state index contributed by atoms with van der Waals surface area (Å²) in [5.41, 5.74) is 1.38. The third-order valence-corrected chi connectivity index (χ3v) is 9.08. The summed E-state index contributed by atoms with van der Waals surface area (Å²) in [4.78, 5) is 31.7. The van der Waals surface area contributed by atoms with E-state index in [9.17, 15) is 18.0 Å². The van der Waals surface area contributed by atoms with Gasteiger partial charge in [-0.3, -0.25) is 9.59 Å². The number of aromatic nitrogens is 1. The highest BCUT2D eigenvalue weighted by Gasteiger charge is 2.31. The number of ether oxygens (including phenoxy) is 1. The van der Waals surface area contributed by atoms with Crippen molar-refractivity contribution in [1.82, 2.24) is 14.2 Å². The summed E-state index contributed by atoms with van der Waals surface area (Å²) in [5, 5.41) is 2.45. The minimum absolute atomic E-state index is 0.0970. The monoisotopic (exact) mass is 473 g/mol. The van der Waals surface area contributed by atoms with E-state index < -0.39 is 15.6 Å². The third-order valence-electron chi connectivity index (χ3n) is 6.19. The maximum atomic E-state index is 13.6. The molecule has 1 aromatic carbocycles. The number of nitrogens with one attached hydrogen (secondary N) is 1. The van der Waals surface area contributed by atoms with Crippen molar-refractivity contribution in [1.29, 1.82) is 0 Å². The minimum atomic E-state index is -3.74. The van der Waals surface area contributed by atoms with Gasteiger partial charge in [-0.15, -0.1) is 11.3 Å². The van der Waals surface area contributed by atoms with Crippen LogP contribution in [0.3, 0.4) is 0 Å². The highest BCUT2D eigenvalue weighted by atomic mass is 32.2. The number of benzene rings is 1. The second-order valence-electron chi connectivity index (χ2n) is 7.99. The second-order valence-corrected chi connectivity index (χ2v) is 10.9. The van der Waals surface area contributed by atoms with Crippen LogP contribution in [0.5, 0.6) is 0 Å². The molecule has 0 spiro atoms. The fraction of sp³-hybridized carbons (Fsp3) is 0.364. The number of thiophene rings is 1.